The first-order chi connectivity index (χ1) is 9.19. The van der Waals surface area contributed by atoms with Crippen molar-refractivity contribution >= 4 is 32.9 Å². The van der Waals surface area contributed by atoms with Gasteiger partial charge in [-0.1, -0.05) is 22.0 Å². The molecule has 0 amide bonds. The van der Waals surface area contributed by atoms with Gasteiger partial charge in [0.1, 0.15) is 5.75 Å². The maximum atomic E-state index is 5.67. The molecule has 0 unspecified atom stereocenters. The van der Waals surface area contributed by atoms with Gasteiger partial charge in [-0.15, -0.1) is 0 Å². The van der Waals surface area contributed by atoms with E-state index in [4.69, 9.17) is 10.5 Å². The number of hydrogen-bond donors (Lipinski definition) is 1. The first-order valence-electron chi connectivity index (χ1n) is 5.62. The van der Waals surface area contributed by atoms with Crippen LogP contribution in [0.25, 0.3) is 16.7 Å². The molecule has 2 N–H and O–H groups in total. The van der Waals surface area contributed by atoms with E-state index in [1.807, 2.05) is 35.0 Å². The molecule has 2 aromatic heterocycles. The van der Waals surface area contributed by atoms with E-state index in [2.05, 4.69) is 25.9 Å². The van der Waals surface area contributed by atoms with Crippen LogP contribution in [-0.4, -0.2) is 21.6 Å². The summed E-state index contributed by atoms with van der Waals surface area (Å²) in [5.41, 5.74) is 7.36. The highest BCUT2D eigenvalue weighted by Gasteiger charge is 2.12. The van der Waals surface area contributed by atoms with E-state index in [-0.39, 0.29) is 5.95 Å². The molecule has 3 rings (SSSR count). The lowest BCUT2D eigenvalue weighted by Gasteiger charge is -2.04. The number of hydrogen-bond acceptors (Lipinski definition) is 4. The van der Waals surface area contributed by atoms with Crippen LogP contribution >= 0.6 is 15.9 Å². The summed E-state index contributed by atoms with van der Waals surface area (Å²) >= 11 is 3.46. The number of benzene rings is 1. The summed E-state index contributed by atoms with van der Waals surface area (Å²) in [6.45, 7) is 0. The topological polar surface area (TPSA) is 66.0 Å². The van der Waals surface area contributed by atoms with Gasteiger partial charge in [-0.3, -0.25) is 4.57 Å². The monoisotopic (exact) mass is 318 g/mol. The van der Waals surface area contributed by atoms with Crippen LogP contribution in [0.15, 0.2) is 41.1 Å². The van der Waals surface area contributed by atoms with Crippen LogP contribution in [0.1, 0.15) is 0 Å². The highest BCUT2D eigenvalue weighted by Crippen LogP contribution is 2.29. The molecule has 0 aliphatic heterocycles. The predicted octanol–water partition coefficient (Wildman–Crippen LogP) is 2.77. The lowest BCUT2D eigenvalue weighted by atomic mass is 10.3. The molecule has 0 atom stereocenters. The maximum absolute atomic E-state index is 5.67. The molecule has 0 fully saturated rings. The SMILES string of the molecule is COc1cn(-c2cccc(Br)c2)c2nc(N)ncc12. The molecule has 19 heavy (non-hydrogen) atoms. The number of nitrogen functional groups attached to an aromatic ring is 1. The molecule has 0 aliphatic rings. The third-order valence-electron chi connectivity index (χ3n) is 2.83. The average Bonchev–Trinajstić information content (AvgIpc) is 2.76. The fraction of sp³-hybridized carbons (Fsp3) is 0.0769. The lowest BCUT2D eigenvalue weighted by Crippen LogP contribution is -1.98. The smallest absolute Gasteiger partial charge is 0.221 e. The van der Waals surface area contributed by atoms with Crippen molar-refractivity contribution in [2.45, 2.75) is 0 Å². The largest absolute Gasteiger partial charge is 0.494 e. The molecule has 0 spiro atoms. The molecule has 3 aromatic rings. The van der Waals surface area contributed by atoms with Gasteiger partial charge in [-0.2, -0.15) is 4.98 Å². The van der Waals surface area contributed by atoms with E-state index in [9.17, 15) is 0 Å². The molecule has 1 aromatic carbocycles. The molecule has 0 saturated heterocycles. The zero-order valence-electron chi connectivity index (χ0n) is 10.2. The Labute approximate surface area is 118 Å². The molecule has 96 valence electrons. The number of anilines is 1. The number of ether oxygens (including phenoxy) is 1. The molecule has 5 nitrogen and oxygen atoms in total. The highest BCUT2D eigenvalue weighted by atomic mass is 79.9. The molecular weight excluding hydrogens is 308 g/mol. The van der Waals surface area contributed by atoms with Crippen LogP contribution in [0.4, 0.5) is 5.95 Å². The first-order valence-corrected chi connectivity index (χ1v) is 6.42. The van der Waals surface area contributed by atoms with Gasteiger partial charge in [0.15, 0.2) is 5.65 Å². The third-order valence-corrected chi connectivity index (χ3v) is 3.33. The molecule has 2 heterocycles. The van der Waals surface area contributed by atoms with E-state index in [1.165, 1.54) is 0 Å². The quantitative estimate of drug-likeness (QED) is 0.789. The number of halogens is 1. The van der Waals surface area contributed by atoms with Crippen LogP contribution < -0.4 is 10.5 Å². The Morgan fingerprint density at radius 2 is 2.21 bits per heavy atom. The van der Waals surface area contributed by atoms with Gasteiger partial charge in [0.2, 0.25) is 5.95 Å². The highest BCUT2D eigenvalue weighted by molar-refractivity contribution is 9.10. The predicted molar refractivity (Wildman–Crippen MR) is 77.5 cm³/mol. The van der Waals surface area contributed by atoms with Gasteiger partial charge in [0, 0.05) is 16.4 Å². The van der Waals surface area contributed by atoms with Gasteiger partial charge < -0.3 is 10.5 Å². The van der Waals surface area contributed by atoms with Crippen molar-refractivity contribution in [1.29, 1.82) is 0 Å². The van der Waals surface area contributed by atoms with E-state index < -0.39 is 0 Å². The minimum Gasteiger partial charge on any atom is -0.494 e. The normalized spacial score (nSPS) is 10.8. The van der Waals surface area contributed by atoms with E-state index in [0.717, 1.165) is 26.9 Å². The molecule has 0 aliphatic carbocycles. The summed E-state index contributed by atoms with van der Waals surface area (Å²) in [6.07, 6.45) is 3.55. The Kier molecular flexibility index (Phi) is 2.87. The van der Waals surface area contributed by atoms with E-state index in [0.29, 0.717) is 0 Å². The molecular formula is C13H11BrN4O. The summed E-state index contributed by atoms with van der Waals surface area (Å²) < 4.78 is 8.27. The number of methoxy groups -OCH3 is 1. The number of nitrogens with two attached hydrogens (primary N) is 1. The van der Waals surface area contributed by atoms with E-state index in [1.54, 1.807) is 13.3 Å². The minimum absolute atomic E-state index is 0.240. The molecule has 6 heteroatoms. The van der Waals surface area contributed by atoms with Crippen LogP contribution in [0.3, 0.4) is 0 Å². The summed E-state index contributed by atoms with van der Waals surface area (Å²) in [5.74, 6) is 0.958. The zero-order chi connectivity index (χ0) is 13.4. The van der Waals surface area contributed by atoms with Gasteiger partial charge in [0.05, 0.1) is 18.7 Å². The van der Waals surface area contributed by atoms with Gasteiger partial charge >= 0.3 is 0 Å². The van der Waals surface area contributed by atoms with Crippen molar-refractivity contribution in [3.63, 3.8) is 0 Å². The average molecular weight is 319 g/mol. The van der Waals surface area contributed by atoms with Crippen LogP contribution in [0.5, 0.6) is 5.75 Å². The fourth-order valence-corrected chi connectivity index (χ4v) is 2.36. The van der Waals surface area contributed by atoms with Gasteiger partial charge in [-0.25, -0.2) is 4.98 Å². The zero-order valence-corrected chi connectivity index (χ0v) is 11.8. The Morgan fingerprint density at radius 3 is 2.95 bits per heavy atom. The van der Waals surface area contributed by atoms with Crippen LogP contribution in [0.2, 0.25) is 0 Å². The number of aromatic nitrogens is 3. The van der Waals surface area contributed by atoms with Crippen LogP contribution in [-0.2, 0) is 0 Å². The minimum atomic E-state index is 0.240. The summed E-state index contributed by atoms with van der Waals surface area (Å²) in [6, 6.07) is 7.91. The molecule has 0 bridgehead atoms. The summed E-state index contributed by atoms with van der Waals surface area (Å²) in [5, 5.41) is 0.830. The van der Waals surface area contributed by atoms with Gasteiger partial charge in [0.25, 0.3) is 0 Å². The molecule has 0 radical (unpaired) electrons. The van der Waals surface area contributed by atoms with Crippen molar-refractivity contribution in [2.75, 3.05) is 12.8 Å². The summed E-state index contributed by atoms with van der Waals surface area (Å²) in [7, 11) is 1.62. The van der Waals surface area contributed by atoms with Crippen molar-refractivity contribution < 1.29 is 4.74 Å². The molecule has 0 saturated carbocycles. The van der Waals surface area contributed by atoms with Crippen LogP contribution in [0, 0.1) is 0 Å². The second-order valence-electron chi connectivity index (χ2n) is 4.01. The van der Waals surface area contributed by atoms with Crippen molar-refractivity contribution in [3.05, 3.63) is 41.1 Å². The van der Waals surface area contributed by atoms with Crippen molar-refractivity contribution in [1.82, 2.24) is 14.5 Å². The standard InChI is InChI=1S/C13H11BrN4O/c1-19-11-7-18(9-4-2-3-8(14)5-9)12-10(11)6-16-13(15)17-12/h2-7H,1H3,(H2,15,16,17). The maximum Gasteiger partial charge on any atom is 0.221 e. The second kappa shape index (κ2) is 4.55. The fourth-order valence-electron chi connectivity index (χ4n) is 1.98. The van der Waals surface area contributed by atoms with Crippen molar-refractivity contribution in [2.24, 2.45) is 0 Å². The van der Waals surface area contributed by atoms with E-state index >= 15 is 0 Å². The Balaban J connectivity index is 2.31. The van der Waals surface area contributed by atoms with Gasteiger partial charge in [-0.05, 0) is 18.2 Å². The number of nitrogens with zero attached hydrogens (tertiary/aromatic N) is 3. The number of fused-ring (bicyclic) bond motifs is 1. The van der Waals surface area contributed by atoms with Crippen molar-refractivity contribution in [3.8, 4) is 11.4 Å². The third kappa shape index (κ3) is 2.04. The Hall–Kier alpha value is -2.08. The Bertz CT molecular complexity index is 753. The first kappa shape index (κ1) is 12.0. The Morgan fingerprint density at radius 1 is 1.37 bits per heavy atom. The second-order valence-corrected chi connectivity index (χ2v) is 4.93. The number of rotatable bonds is 2. The summed E-state index contributed by atoms with van der Waals surface area (Å²) in [4.78, 5) is 8.29. The lowest BCUT2D eigenvalue weighted by molar-refractivity contribution is 0.419.